The molecule has 0 radical (unpaired) electrons. The third kappa shape index (κ3) is 3.79. The van der Waals surface area contributed by atoms with Crippen LogP contribution in [0, 0.1) is 0 Å². The smallest absolute Gasteiger partial charge is 0.253 e. The minimum Gasteiger partial charge on any atom is -0.373 e. The normalized spacial score (nSPS) is 15.1. The molecule has 0 unspecified atom stereocenters. The van der Waals surface area contributed by atoms with Gasteiger partial charge in [0, 0.05) is 31.2 Å². The molecule has 1 aromatic heterocycles. The molecule has 1 aliphatic rings. The molecule has 1 saturated heterocycles. The first kappa shape index (κ1) is 22.3. The Kier molecular flexibility index (Phi) is 5.94. The number of hydrogen-bond donors (Lipinski definition) is 2. The van der Waals surface area contributed by atoms with E-state index in [2.05, 4.69) is 0 Å². The maximum atomic E-state index is 13.2. The Morgan fingerprint density at radius 2 is 1.59 bits per heavy atom. The summed E-state index contributed by atoms with van der Waals surface area (Å²) in [5, 5.41) is 12.3. The molecule has 0 atom stereocenters. The number of carbonyl (C=O) groups excluding carboxylic acids is 1. The van der Waals surface area contributed by atoms with Crippen molar-refractivity contribution in [3.05, 3.63) is 101 Å². The lowest BCUT2D eigenvalue weighted by Crippen LogP contribution is -2.42. The van der Waals surface area contributed by atoms with Crippen LogP contribution in [0.25, 0.3) is 11.0 Å². The molecule has 34 heavy (non-hydrogen) atoms. The summed E-state index contributed by atoms with van der Waals surface area (Å²) in [5.74, 6) is 0.552. The summed E-state index contributed by atoms with van der Waals surface area (Å²) in [6.45, 7) is 3.99. The van der Waals surface area contributed by atoms with Gasteiger partial charge in [-0.2, -0.15) is 0 Å². The average molecular weight is 455 g/mol. The van der Waals surface area contributed by atoms with E-state index < -0.39 is 5.60 Å². The van der Waals surface area contributed by atoms with Crippen molar-refractivity contribution in [3.63, 3.8) is 0 Å². The Balaban J connectivity index is 1.64. The van der Waals surface area contributed by atoms with Crippen LogP contribution in [-0.4, -0.2) is 44.6 Å². The summed E-state index contributed by atoms with van der Waals surface area (Å²) < 4.78 is 2.01. The second kappa shape index (κ2) is 9.05. The van der Waals surface area contributed by atoms with Crippen LogP contribution in [0.15, 0.2) is 78.9 Å². The summed E-state index contributed by atoms with van der Waals surface area (Å²) >= 11 is 0. The molecule has 3 aromatic carbocycles. The molecule has 0 saturated carbocycles. The third-order valence-electron chi connectivity index (χ3n) is 6.84. The fourth-order valence-corrected chi connectivity index (χ4v) is 4.92. The molecule has 3 N–H and O–H groups in total. The molecule has 4 aromatic rings. The fraction of sp³-hybridized carbons (Fsp3) is 0.286. The van der Waals surface area contributed by atoms with Gasteiger partial charge < -0.3 is 20.3 Å². The van der Waals surface area contributed by atoms with Gasteiger partial charge in [-0.1, -0.05) is 60.7 Å². The highest BCUT2D eigenvalue weighted by molar-refractivity contribution is 5.97. The van der Waals surface area contributed by atoms with E-state index in [4.69, 9.17) is 10.7 Å². The lowest BCUT2D eigenvalue weighted by Gasteiger charge is -2.30. The van der Waals surface area contributed by atoms with Gasteiger partial charge in [0.05, 0.1) is 11.0 Å². The van der Waals surface area contributed by atoms with Gasteiger partial charge in [-0.25, -0.2) is 4.98 Å². The van der Waals surface area contributed by atoms with Crippen LogP contribution in [0.2, 0.25) is 0 Å². The molecule has 2 heterocycles. The lowest BCUT2D eigenvalue weighted by molar-refractivity contribution is 0.0715. The predicted octanol–water partition coefficient (Wildman–Crippen LogP) is 3.90. The Hall–Kier alpha value is -3.48. The number of aryl methyl sites for hydroxylation is 1. The number of likely N-dealkylation sites (tertiary alicyclic amines) is 1. The summed E-state index contributed by atoms with van der Waals surface area (Å²) in [6, 6.07) is 25.0. The molecule has 6 nitrogen and oxygen atoms in total. The van der Waals surface area contributed by atoms with Crippen molar-refractivity contribution in [2.45, 2.75) is 38.0 Å². The number of aliphatic hydroxyl groups is 1. The van der Waals surface area contributed by atoms with E-state index in [9.17, 15) is 9.90 Å². The Labute approximate surface area is 199 Å². The molecule has 1 amide bonds. The van der Waals surface area contributed by atoms with Crippen molar-refractivity contribution in [3.8, 4) is 0 Å². The van der Waals surface area contributed by atoms with Crippen molar-refractivity contribution >= 4 is 16.9 Å². The van der Waals surface area contributed by atoms with Gasteiger partial charge in [0.1, 0.15) is 0 Å². The maximum Gasteiger partial charge on any atom is 0.253 e. The van der Waals surface area contributed by atoms with Crippen molar-refractivity contribution < 1.29 is 9.90 Å². The molecule has 1 aliphatic heterocycles. The first-order chi connectivity index (χ1) is 16.5. The van der Waals surface area contributed by atoms with Gasteiger partial charge in [-0.15, -0.1) is 0 Å². The van der Waals surface area contributed by atoms with Gasteiger partial charge in [0.2, 0.25) is 0 Å². The van der Waals surface area contributed by atoms with Gasteiger partial charge in [-0.3, -0.25) is 4.79 Å². The number of carbonyl (C=O) groups is 1. The van der Waals surface area contributed by atoms with Crippen molar-refractivity contribution in [1.82, 2.24) is 14.5 Å². The standard InChI is InChI=1S/C28H30N4O2/c1-2-32-25-19-20(26(33)31-17-15-23(29)16-18-31)13-14-24(25)30-27(32)28(34,21-9-5-3-6-10-21)22-11-7-4-8-12-22/h3-14,19,23,34H,2,15-18,29H2,1H3. The van der Waals surface area contributed by atoms with Crippen LogP contribution in [0.1, 0.15) is 47.1 Å². The third-order valence-corrected chi connectivity index (χ3v) is 6.84. The van der Waals surface area contributed by atoms with E-state index in [1.165, 1.54) is 0 Å². The molecule has 174 valence electrons. The Morgan fingerprint density at radius 1 is 1.00 bits per heavy atom. The molecule has 1 fully saturated rings. The van der Waals surface area contributed by atoms with Crippen LogP contribution >= 0.6 is 0 Å². The molecule has 5 rings (SSSR count). The second-order valence-electron chi connectivity index (χ2n) is 8.96. The van der Waals surface area contributed by atoms with Gasteiger partial charge in [0.15, 0.2) is 11.4 Å². The van der Waals surface area contributed by atoms with Crippen LogP contribution in [0.5, 0.6) is 0 Å². The van der Waals surface area contributed by atoms with Crippen LogP contribution in [0.3, 0.4) is 0 Å². The van der Waals surface area contributed by atoms with E-state index in [1.54, 1.807) is 0 Å². The quantitative estimate of drug-likeness (QED) is 0.479. The highest BCUT2D eigenvalue weighted by Gasteiger charge is 2.38. The number of amides is 1. The van der Waals surface area contributed by atoms with E-state index in [0.29, 0.717) is 31.0 Å². The second-order valence-corrected chi connectivity index (χ2v) is 8.96. The lowest BCUT2D eigenvalue weighted by atomic mass is 9.85. The number of rotatable bonds is 5. The molecule has 0 aliphatic carbocycles. The number of nitrogens with zero attached hydrogens (tertiary/aromatic N) is 3. The zero-order chi connectivity index (χ0) is 23.7. The van der Waals surface area contributed by atoms with Gasteiger partial charge >= 0.3 is 0 Å². The zero-order valence-corrected chi connectivity index (χ0v) is 19.4. The number of nitrogens with two attached hydrogens (primary N) is 1. The Morgan fingerprint density at radius 3 is 2.15 bits per heavy atom. The number of hydrogen-bond acceptors (Lipinski definition) is 4. The summed E-state index contributed by atoms with van der Waals surface area (Å²) in [4.78, 5) is 20.0. The molecular weight excluding hydrogens is 424 g/mol. The number of imidazole rings is 1. The number of fused-ring (bicyclic) bond motifs is 1. The summed E-state index contributed by atoms with van der Waals surface area (Å²) in [6.07, 6.45) is 1.65. The monoisotopic (exact) mass is 454 g/mol. The van der Waals surface area contributed by atoms with Crippen molar-refractivity contribution in [2.24, 2.45) is 5.73 Å². The average Bonchev–Trinajstić information content (AvgIpc) is 3.27. The summed E-state index contributed by atoms with van der Waals surface area (Å²) in [5.41, 5.74) is 8.28. The van der Waals surface area contributed by atoms with E-state index >= 15 is 0 Å². The first-order valence-corrected chi connectivity index (χ1v) is 11.9. The number of benzene rings is 3. The maximum absolute atomic E-state index is 13.2. The number of aromatic nitrogens is 2. The van der Waals surface area contributed by atoms with Gasteiger partial charge in [0.25, 0.3) is 5.91 Å². The minimum atomic E-state index is -1.44. The SMILES string of the molecule is CCn1c(C(O)(c2ccccc2)c2ccccc2)nc2ccc(C(=O)N3CCC(N)CC3)cc21. The predicted molar refractivity (Wildman–Crippen MR) is 134 cm³/mol. The van der Waals surface area contributed by atoms with Crippen LogP contribution in [-0.2, 0) is 12.1 Å². The molecule has 6 heteroatoms. The summed E-state index contributed by atoms with van der Waals surface area (Å²) in [7, 11) is 0. The van der Waals surface area contributed by atoms with Crippen molar-refractivity contribution in [2.75, 3.05) is 13.1 Å². The van der Waals surface area contributed by atoms with Gasteiger partial charge in [-0.05, 0) is 49.1 Å². The van der Waals surface area contributed by atoms with E-state index in [-0.39, 0.29) is 11.9 Å². The molecular formula is C28H30N4O2. The van der Waals surface area contributed by atoms with Crippen LogP contribution < -0.4 is 5.73 Å². The highest BCUT2D eigenvalue weighted by Crippen LogP contribution is 2.37. The van der Waals surface area contributed by atoms with Crippen molar-refractivity contribution in [1.29, 1.82) is 0 Å². The van der Waals surface area contributed by atoms with E-state index in [0.717, 1.165) is 35.0 Å². The molecule has 0 bridgehead atoms. The fourth-order valence-electron chi connectivity index (χ4n) is 4.92. The van der Waals surface area contributed by atoms with E-state index in [1.807, 2.05) is 95.3 Å². The minimum absolute atomic E-state index is 0.0144. The molecule has 0 spiro atoms. The van der Waals surface area contributed by atoms with Crippen LogP contribution in [0.4, 0.5) is 0 Å². The highest BCUT2D eigenvalue weighted by atomic mass is 16.3. The number of piperidine rings is 1. The topological polar surface area (TPSA) is 84.4 Å². The zero-order valence-electron chi connectivity index (χ0n) is 19.4. The Bertz CT molecular complexity index is 1250. The largest absolute Gasteiger partial charge is 0.373 e. The first-order valence-electron chi connectivity index (χ1n) is 11.9.